The molecule has 0 fully saturated rings. The van der Waals surface area contributed by atoms with Crippen molar-refractivity contribution in [3.8, 4) is 0 Å². The first-order chi connectivity index (χ1) is 10.2. The number of hydrogen-bond donors (Lipinski definition) is 0. The summed E-state index contributed by atoms with van der Waals surface area (Å²) < 4.78 is 89.8. The Labute approximate surface area is 126 Å². The van der Waals surface area contributed by atoms with Crippen molar-refractivity contribution < 1.29 is 43.7 Å². The monoisotopic (exact) mass is 368 g/mol. The van der Waals surface area contributed by atoms with Crippen molar-refractivity contribution in [3.63, 3.8) is 0 Å². The Bertz CT molecular complexity index is 612. The zero-order valence-corrected chi connectivity index (χ0v) is 12.3. The summed E-state index contributed by atoms with van der Waals surface area (Å²) in [5.41, 5.74) is -6.08. The number of aromatic nitrogens is 1. The summed E-state index contributed by atoms with van der Waals surface area (Å²) in [6.07, 6.45) is -4.02. The van der Waals surface area contributed by atoms with E-state index in [1.165, 1.54) is 0 Å². The van der Waals surface area contributed by atoms with Crippen LogP contribution in [0.3, 0.4) is 0 Å². The maximum absolute atomic E-state index is 11.3. The van der Waals surface area contributed by atoms with Crippen LogP contribution in [0.5, 0.6) is 0 Å². The lowest BCUT2D eigenvalue weighted by Gasteiger charge is -2.08. The quantitative estimate of drug-likeness (QED) is 0.452. The highest BCUT2D eigenvalue weighted by Crippen LogP contribution is 2.27. The van der Waals surface area contributed by atoms with Crippen molar-refractivity contribution in [2.24, 2.45) is 0 Å². The van der Waals surface area contributed by atoms with E-state index < -0.39 is 27.8 Å². The molecule has 1 aromatic heterocycles. The van der Waals surface area contributed by atoms with E-state index in [4.69, 9.17) is 0 Å². The Morgan fingerprint density at radius 3 is 1.91 bits per heavy atom. The van der Waals surface area contributed by atoms with Gasteiger partial charge in [0.05, 0.1) is 0 Å². The molecule has 0 aromatic carbocycles. The third-order valence-corrected chi connectivity index (χ3v) is 2.75. The normalized spacial score (nSPS) is 12.0. The summed E-state index contributed by atoms with van der Waals surface area (Å²) in [7, 11) is -2.60. The van der Waals surface area contributed by atoms with Crippen molar-refractivity contribution >= 4 is 21.9 Å². The van der Waals surface area contributed by atoms with Gasteiger partial charge in [0.25, 0.3) is 0 Å². The predicted molar refractivity (Wildman–Crippen MR) is 65.7 cm³/mol. The number of anilines is 1. The van der Waals surface area contributed by atoms with Gasteiger partial charge < -0.3 is 9.08 Å². The van der Waals surface area contributed by atoms with Crippen LogP contribution in [-0.4, -0.2) is 45.2 Å². The first kappa shape index (κ1) is 20.9. The Morgan fingerprint density at radius 2 is 1.65 bits per heavy atom. The van der Waals surface area contributed by atoms with Gasteiger partial charge in [0, 0.05) is 20.3 Å². The molecule has 0 aliphatic heterocycles. The van der Waals surface area contributed by atoms with Crippen LogP contribution < -0.4 is 4.90 Å². The Balaban J connectivity index is 0.000000459. The molecular formula is C10H10F6N2O4S. The number of pyridine rings is 1. The molecule has 6 nitrogen and oxygen atoms in total. The number of carbonyl (C=O) groups excluding carboxylic acids is 1. The standard InChI is InChI=1S/C7H10N2.C3F6O4S/c1-9(2)7-5-3-4-6-8-7;4-2(5,6)1(10)13-14(11,12)3(7,8)9/h3-6H,1-2H3;. The van der Waals surface area contributed by atoms with Crippen LogP contribution in [-0.2, 0) is 19.1 Å². The maximum atomic E-state index is 11.3. The van der Waals surface area contributed by atoms with Crippen LogP contribution in [0, 0.1) is 0 Å². The molecule has 23 heavy (non-hydrogen) atoms. The third kappa shape index (κ3) is 7.17. The number of alkyl halides is 6. The average molecular weight is 368 g/mol. The molecule has 0 unspecified atom stereocenters. The van der Waals surface area contributed by atoms with Gasteiger partial charge in [0.1, 0.15) is 5.82 Å². The molecule has 0 saturated carbocycles. The lowest BCUT2D eigenvalue weighted by atomic mass is 10.4. The Morgan fingerprint density at radius 1 is 1.13 bits per heavy atom. The highest BCUT2D eigenvalue weighted by molar-refractivity contribution is 7.88. The van der Waals surface area contributed by atoms with Crippen LogP contribution in [0.15, 0.2) is 24.4 Å². The Hall–Kier alpha value is -2.05. The molecule has 0 atom stereocenters. The van der Waals surface area contributed by atoms with Crippen LogP contribution in [0.2, 0.25) is 0 Å². The summed E-state index contributed by atoms with van der Waals surface area (Å²) >= 11 is 0. The van der Waals surface area contributed by atoms with Crippen LogP contribution in [0.25, 0.3) is 0 Å². The van der Waals surface area contributed by atoms with Crippen LogP contribution in [0.1, 0.15) is 0 Å². The molecule has 132 valence electrons. The van der Waals surface area contributed by atoms with E-state index in [9.17, 15) is 39.6 Å². The van der Waals surface area contributed by atoms with Gasteiger partial charge in [-0.1, -0.05) is 6.07 Å². The van der Waals surface area contributed by atoms with Gasteiger partial charge in [-0.2, -0.15) is 34.8 Å². The smallest absolute Gasteiger partial charge is 0.363 e. The maximum Gasteiger partial charge on any atom is 0.534 e. The third-order valence-electron chi connectivity index (χ3n) is 1.81. The first-order valence-electron chi connectivity index (χ1n) is 5.38. The number of hydrogen-bond acceptors (Lipinski definition) is 6. The van der Waals surface area contributed by atoms with Crippen molar-refractivity contribution in [2.45, 2.75) is 11.7 Å². The van der Waals surface area contributed by atoms with E-state index in [-0.39, 0.29) is 0 Å². The van der Waals surface area contributed by atoms with E-state index in [1.54, 1.807) is 6.20 Å². The van der Waals surface area contributed by atoms with Gasteiger partial charge in [0.2, 0.25) is 0 Å². The lowest BCUT2D eigenvalue weighted by Crippen LogP contribution is -2.34. The summed E-state index contributed by atoms with van der Waals surface area (Å²) in [5.74, 6) is -2.45. The van der Waals surface area contributed by atoms with Gasteiger partial charge in [-0.05, 0) is 12.1 Å². The molecule has 0 N–H and O–H groups in total. The zero-order valence-electron chi connectivity index (χ0n) is 11.5. The second kappa shape index (κ2) is 7.48. The van der Waals surface area contributed by atoms with Gasteiger partial charge >= 0.3 is 27.8 Å². The van der Waals surface area contributed by atoms with Crippen molar-refractivity contribution in [1.82, 2.24) is 4.98 Å². The summed E-state index contributed by atoms with van der Waals surface area (Å²) in [6, 6.07) is 5.86. The van der Waals surface area contributed by atoms with Crippen molar-refractivity contribution in [2.75, 3.05) is 19.0 Å². The highest BCUT2D eigenvalue weighted by atomic mass is 32.2. The first-order valence-corrected chi connectivity index (χ1v) is 6.79. The van der Waals surface area contributed by atoms with Gasteiger partial charge in [-0.15, -0.1) is 0 Å². The van der Waals surface area contributed by atoms with Crippen molar-refractivity contribution in [1.29, 1.82) is 0 Å². The number of nitrogens with zero attached hydrogens (tertiary/aromatic N) is 2. The highest BCUT2D eigenvalue weighted by Gasteiger charge is 2.54. The molecule has 0 bridgehead atoms. The van der Waals surface area contributed by atoms with E-state index in [0.29, 0.717) is 0 Å². The van der Waals surface area contributed by atoms with E-state index in [0.717, 1.165) is 5.82 Å². The number of carbonyl (C=O) groups is 1. The van der Waals surface area contributed by atoms with Crippen molar-refractivity contribution in [3.05, 3.63) is 24.4 Å². The minimum Gasteiger partial charge on any atom is -0.363 e. The molecule has 1 rings (SSSR count). The van der Waals surface area contributed by atoms with Gasteiger partial charge in [-0.25, -0.2) is 9.78 Å². The SMILES string of the molecule is CN(C)c1ccccn1.O=C(OS(=O)(=O)C(F)(F)F)C(F)(F)F. The van der Waals surface area contributed by atoms with E-state index >= 15 is 0 Å². The van der Waals surface area contributed by atoms with Crippen LogP contribution in [0.4, 0.5) is 32.2 Å². The fourth-order valence-electron chi connectivity index (χ4n) is 0.812. The molecule has 0 spiro atoms. The van der Waals surface area contributed by atoms with Gasteiger partial charge in [0.15, 0.2) is 0 Å². The fraction of sp³-hybridized carbons (Fsp3) is 0.400. The second-order valence-electron chi connectivity index (χ2n) is 3.85. The zero-order chi connectivity index (χ0) is 18.5. The number of rotatable bonds is 2. The molecule has 0 radical (unpaired) electrons. The molecular weight excluding hydrogens is 358 g/mol. The topological polar surface area (TPSA) is 76.6 Å². The molecule has 0 aliphatic rings. The predicted octanol–water partition coefficient (Wildman–Crippen LogP) is 2.09. The molecule has 1 heterocycles. The summed E-state index contributed by atoms with van der Waals surface area (Å²) in [6.45, 7) is 0. The van der Waals surface area contributed by atoms with Gasteiger partial charge in [-0.3, -0.25) is 0 Å². The number of halogens is 6. The molecule has 0 saturated heterocycles. The van der Waals surface area contributed by atoms with Crippen LogP contribution >= 0.6 is 0 Å². The molecule has 1 aromatic rings. The second-order valence-corrected chi connectivity index (χ2v) is 5.39. The largest absolute Gasteiger partial charge is 0.534 e. The molecule has 0 amide bonds. The van der Waals surface area contributed by atoms with E-state index in [2.05, 4.69) is 9.17 Å². The molecule has 13 heteroatoms. The minimum absolute atomic E-state index is 0.998. The van der Waals surface area contributed by atoms with E-state index in [1.807, 2.05) is 37.2 Å². The minimum atomic E-state index is -6.55. The summed E-state index contributed by atoms with van der Waals surface area (Å²) in [5, 5.41) is 0. The average Bonchev–Trinajstić information content (AvgIpc) is 2.37. The summed E-state index contributed by atoms with van der Waals surface area (Å²) in [4.78, 5) is 15.8. The Kier molecular flexibility index (Phi) is 6.81. The molecule has 0 aliphatic carbocycles. The lowest BCUT2D eigenvalue weighted by molar-refractivity contribution is -0.190. The fourth-order valence-corrected chi connectivity index (χ4v) is 1.20.